The third-order valence-electron chi connectivity index (χ3n) is 2.94. The van der Waals surface area contributed by atoms with Gasteiger partial charge in [-0.05, 0) is 29.3 Å². The Morgan fingerprint density at radius 3 is 2.71 bits per heavy atom. The Kier molecular flexibility index (Phi) is 2.94. The van der Waals surface area contributed by atoms with Crippen LogP contribution in [0.5, 0.6) is 0 Å². The molecule has 17 heavy (non-hydrogen) atoms. The number of halogens is 1. The topological polar surface area (TPSA) is 72.7 Å². The van der Waals surface area contributed by atoms with Crippen LogP contribution in [0.2, 0.25) is 0 Å². The first-order chi connectivity index (χ1) is 7.97. The second kappa shape index (κ2) is 4.14. The van der Waals surface area contributed by atoms with E-state index in [0.717, 1.165) is 6.42 Å². The van der Waals surface area contributed by atoms with Gasteiger partial charge < -0.3 is 4.57 Å². The first kappa shape index (κ1) is 12.1. The molecule has 0 bridgehead atoms. The van der Waals surface area contributed by atoms with Gasteiger partial charge in [-0.1, -0.05) is 6.92 Å². The summed E-state index contributed by atoms with van der Waals surface area (Å²) in [6.45, 7) is 4.02. The lowest BCUT2D eigenvalue weighted by molar-refractivity contribution is 0.533. The first-order valence-electron chi connectivity index (χ1n) is 5.34. The first-order valence-corrected chi connectivity index (χ1v) is 6.13. The molecule has 0 spiro atoms. The zero-order chi connectivity index (χ0) is 12.7. The van der Waals surface area contributed by atoms with Crippen LogP contribution in [0.4, 0.5) is 0 Å². The van der Waals surface area contributed by atoms with E-state index in [9.17, 15) is 9.59 Å². The Labute approximate surface area is 105 Å². The van der Waals surface area contributed by atoms with Crippen LogP contribution in [-0.4, -0.2) is 19.1 Å². The molecule has 1 unspecified atom stereocenters. The molecule has 6 nitrogen and oxygen atoms in total. The SMILES string of the molecule is CCC(C)n1c(Br)nc2c1c(=O)[nH]c(=O)n2C. The van der Waals surface area contributed by atoms with Crippen LogP contribution in [0.3, 0.4) is 0 Å². The number of aromatic nitrogens is 4. The predicted octanol–water partition coefficient (Wildman–Crippen LogP) is 1.16. The lowest BCUT2D eigenvalue weighted by atomic mass is 10.2. The summed E-state index contributed by atoms with van der Waals surface area (Å²) in [4.78, 5) is 29.8. The summed E-state index contributed by atoms with van der Waals surface area (Å²) in [7, 11) is 1.58. The molecule has 0 radical (unpaired) electrons. The summed E-state index contributed by atoms with van der Waals surface area (Å²) in [5.74, 6) is 0. The number of aryl methyl sites for hydroxylation is 1. The maximum absolute atomic E-state index is 11.9. The second-order valence-corrected chi connectivity index (χ2v) is 4.71. The number of hydrogen-bond donors (Lipinski definition) is 1. The van der Waals surface area contributed by atoms with Gasteiger partial charge in [-0.25, -0.2) is 9.78 Å². The molecule has 2 aromatic rings. The van der Waals surface area contributed by atoms with Crippen LogP contribution in [0.15, 0.2) is 14.3 Å². The van der Waals surface area contributed by atoms with Gasteiger partial charge in [0.2, 0.25) is 0 Å². The molecule has 0 amide bonds. The van der Waals surface area contributed by atoms with E-state index in [4.69, 9.17) is 0 Å². The summed E-state index contributed by atoms with van der Waals surface area (Å²) < 4.78 is 3.70. The van der Waals surface area contributed by atoms with Gasteiger partial charge in [0.1, 0.15) is 0 Å². The van der Waals surface area contributed by atoms with E-state index in [2.05, 4.69) is 25.9 Å². The van der Waals surface area contributed by atoms with Crippen LogP contribution in [0.25, 0.3) is 11.2 Å². The Morgan fingerprint density at radius 1 is 1.47 bits per heavy atom. The zero-order valence-electron chi connectivity index (χ0n) is 9.82. The molecule has 92 valence electrons. The number of aromatic amines is 1. The summed E-state index contributed by atoms with van der Waals surface area (Å²) in [5, 5.41) is 0. The molecule has 1 atom stereocenters. The van der Waals surface area contributed by atoms with Gasteiger partial charge in [-0.3, -0.25) is 14.3 Å². The highest BCUT2D eigenvalue weighted by atomic mass is 79.9. The van der Waals surface area contributed by atoms with Crippen molar-refractivity contribution in [3.8, 4) is 0 Å². The van der Waals surface area contributed by atoms with Crippen molar-refractivity contribution in [1.82, 2.24) is 19.1 Å². The Morgan fingerprint density at radius 2 is 2.12 bits per heavy atom. The Hall–Kier alpha value is -1.37. The van der Waals surface area contributed by atoms with Crippen molar-refractivity contribution < 1.29 is 0 Å². The molecule has 0 aliphatic carbocycles. The fourth-order valence-electron chi connectivity index (χ4n) is 1.76. The van der Waals surface area contributed by atoms with Crippen molar-refractivity contribution in [2.24, 2.45) is 7.05 Å². The van der Waals surface area contributed by atoms with E-state index >= 15 is 0 Å². The quantitative estimate of drug-likeness (QED) is 0.846. The molecule has 2 aromatic heterocycles. The molecular formula is C10H13BrN4O2. The minimum Gasteiger partial charge on any atom is -0.310 e. The molecular weight excluding hydrogens is 288 g/mol. The van der Waals surface area contributed by atoms with Crippen molar-refractivity contribution in [3.05, 3.63) is 25.6 Å². The highest BCUT2D eigenvalue weighted by molar-refractivity contribution is 9.10. The van der Waals surface area contributed by atoms with E-state index in [-0.39, 0.29) is 6.04 Å². The van der Waals surface area contributed by atoms with Crippen LogP contribution in [0, 0.1) is 0 Å². The monoisotopic (exact) mass is 300 g/mol. The Bertz CT molecular complexity index is 682. The third-order valence-corrected chi connectivity index (χ3v) is 3.50. The summed E-state index contributed by atoms with van der Waals surface area (Å²) in [6.07, 6.45) is 0.867. The maximum atomic E-state index is 11.9. The number of rotatable bonds is 2. The smallest absolute Gasteiger partial charge is 0.310 e. The van der Waals surface area contributed by atoms with Crippen LogP contribution in [0.1, 0.15) is 26.3 Å². The largest absolute Gasteiger partial charge is 0.329 e. The molecule has 0 aromatic carbocycles. The summed E-state index contributed by atoms with van der Waals surface area (Å²) >= 11 is 3.33. The van der Waals surface area contributed by atoms with Crippen LogP contribution in [-0.2, 0) is 7.05 Å². The van der Waals surface area contributed by atoms with Gasteiger partial charge in [0.15, 0.2) is 15.9 Å². The zero-order valence-corrected chi connectivity index (χ0v) is 11.4. The molecule has 0 aliphatic rings. The molecule has 0 aliphatic heterocycles. The van der Waals surface area contributed by atoms with E-state index in [1.54, 1.807) is 11.6 Å². The highest BCUT2D eigenvalue weighted by Crippen LogP contribution is 2.22. The van der Waals surface area contributed by atoms with Crippen molar-refractivity contribution in [3.63, 3.8) is 0 Å². The van der Waals surface area contributed by atoms with E-state index in [1.165, 1.54) is 4.57 Å². The van der Waals surface area contributed by atoms with Crippen molar-refractivity contribution in [1.29, 1.82) is 0 Å². The fraction of sp³-hybridized carbons (Fsp3) is 0.500. The average Bonchev–Trinajstić information content (AvgIpc) is 2.63. The van der Waals surface area contributed by atoms with Crippen molar-refractivity contribution in [2.75, 3.05) is 0 Å². The maximum Gasteiger partial charge on any atom is 0.329 e. The fourth-order valence-corrected chi connectivity index (χ4v) is 2.45. The lowest BCUT2D eigenvalue weighted by Gasteiger charge is -2.12. The van der Waals surface area contributed by atoms with Gasteiger partial charge in [0.25, 0.3) is 5.56 Å². The molecule has 2 heterocycles. The third kappa shape index (κ3) is 1.74. The summed E-state index contributed by atoms with van der Waals surface area (Å²) in [5.41, 5.74) is -0.0374. The van der Waals surface area contributed by atoms with E-state index < -0.39 is 11.2 Å². The minimum atomic E-state index is -0.455. The van der Waals surface area contributed by atoms with E-state index in [0.29, 0.717) is 15.9 Å². The number of imidazole rings is 1. The number of nitrogens with zero attached hydrogens (tertiary/aromatic N) is 3. The molecule has 0 saturated heterocycles. The lowest BCUT2D eigenvalue weighted by Crippen LogP contribution is -2.29. The molecule has 7 heteroatoms. The number of nitrogens with one attached hydrogen (secondary N) is 1. The summed E-state index contributed by atoms with van der Waals surface area (Å²) in [6, 6.07) is 0.132. The Balaban J connectivity index is 2.97. The number of fused-ring (bicyclic) bond motifs is 1. The molecule has 2 rings (SSSR count). The number of H-pyrrole nitrogens is 1. The molecule has 1 N–H and O–H groups in total. The highest BCUT2D eigenvalue weighted by Gasteiger charge is 2.18. The minimum absolute atomic E-state index is 0.132. The van der Waals surface area contributed by atoms with Gasteiger partial charge in [-0.15, -0.1) is 0 Å². The van der Waals surface area contributed by atoms with Gasteiger partial charge >= 0.3 is 5.69 Å². The predicted molar refractivity (Wildman–Crippen MR) is 68.3 cm³/mol. The van der Waals surface area contributed by atoms with Gasteiger partial charge in [-0.2, -0.15) is 0 Å². The van der Waals surface area contributed by atoms with Crippen molar-refractivity contribution >= 4 is 27.1 Å². The average molecular weight is 301 g/mol. The van der Waals surface area contributed by atoms with Crippen molar-refractivity contribution in [2.45, 2.75) is 26.3 Å². The molecule has 0 saturated carbocycles. The van der Waals surface area contributed by atoms with Gasteiger partial charge in [0.05, 0.1) is 0 Å². The van der Waals surface area contributed by atoms with Gasteiger partial charge in [0, 0.05) is 13.1 Å². The second-order valence-electron chi connectivity index (χ2n) is 4.00. The number of hydrogen-bond acceptors (Lipinski definition) is 3. The van der Waals surface area contributed by atoms with E-state index in [1.807, 2.05) is 13.8 Å². The van der Waals surface area contributed by atoms with Crippen LogP contribution >= 0.6 is 15.9 Å². The standard InChI is InChI=1S/C10H13BrN4O2/c1-4-5(2)15-6-7(12-9(15)11)14(3)10(17)13-8(6)16/h5H,4H2,1-3H3,(H,13,16,17). The molecule has 0 fully saturated rings. The van der Waals surface area contributed by atoms with Crippen LogP contribution < -0.4 is 11.2 Å². The normalized spacial score (nSPS) is 13.2.